The fourth-order valence-electron chi connectivity index (χ4n) is 3.68. The van der Waals surface area contributed by atoms with Crippen molar-refractivity contribution in [2.45, 2.75) is 25.4 Å². The molecule has 9 heteroatoms. The Kier molecular flexibility index (Phi) is 6.15. The minimum Gasteiger partial charge on any atom is -0.355 e. The van der Waals surface area contributed by atoms with Crippen molar-refractivity contribution in [1.82, 2.24) is 14.8 Å². The van der Waals surface area contributed by atoms with Crippen molar-refractivity contribution < 1.29 is 18.0 Å². The van der Waals surface area contributed by atoms with Crippen molar-refractivity contribution in [3.63, 3.8) is 0 Å². The summed E-state index contributed by atoms with van der Waals surface area (Å²) in [4.78, 5) is 22.8. The number of halogens is 4. The van der Waals surface area contributed by atoms with Gasteiger partial charge in [-0.25, -0.2) is 4.98 Å². The molecule has 3 rings (SSSR count). The summed E-state index contributed by atoms with van der Waals surface area (Å²) in [5.41, 5.74) is -0.854. The van der Waals surface area contributed by atoms with Crippen molar-refractivity contribution in [1.29, 1.82) is 0 Å². The summed E-state index contributed by atoms with van der Waals surface area (Å²) in [6.45, 7) is 4.54. The summed E-state index contributed by atoms with van der Waals surface area (Å²) in [7, 11) is 2.06. The van der Waals surface area contributed by atoms with Crippen molar-refractivity contribution in [3.8, 4) is 0 Å². The van der Waals surface area contributed by atoms with Crippen LogP contribution in [0.1, 0.15) is 24.8 Å². The molecule has 0 spiro atoms. The predicted octanol–water partition coefficient (Wildman–Crippen LogP) is 3.13. The smallest absolute Gasteiger partial charge is 0.355 e. The van der Waals surface area contributed by atoms with E-state index in [-0.39, 0.29) is 16.8 Å². The fraction of sp³-hybridized carbons (Fsp3) is 0.667. The van der Waals surface area contributed by atoms with Crippen LogP contribution in [0.15, 0.2) is 12.3 Å². The van der Waals surface area contributed by atoms with Gasteiger partial charge in [0.2, 0.25) is 5.91 Å². The highest BCUT2D eigenvalue weighted by Crippen LogP contribution is 2.34. The van der Waals surface area contributed by atoms with E-state index < -0.39 is 11.7 Å². The van der Waals surface area contributed by atoms with E-state index in [9.17, 15) is 18.0 Å². The molecule has 27 heavy (non-hydrogen) atoms. The summed E-state index contributed by atoms with van der Waals surface area (Å²) < 4.78 is 38.3. The van der Waals surface area contributed by atoms with E-state index in [2.05, 4.69) is 16.9 Å². The maximum atomic E-state index is 12.8. The SMILES string of the molecule is CN1CCCN(C(=O)C2CCN(c3ncc(C(F)(F)F)cc3Cl)CC2)CC1. The summed E-state index contributed by atoms with van der Waals surface area (Å²) >= 11 is 6.04. The number of aromatic nitrogens is 1. The van der Waals surface area contributed by atoms with Crippen molar-refractivity contribution in [2.75, 3.05) is 51.2 Å². The van der Waals surface area contributed by atoms with E-state index in [0.29, 0.717) is 31.7 Å². The van der Waals surface area contributed by atoms with Crippen LogP contribution in [0.25, 0.3) is 0 Å². The second kappa shape index (κ2) is 8.22. The third-order valence-corrected chi connectivity index (χ3v) is 5.60. The van der Waals surface area contributed by atoms with Gasteiger partial charge in [0.15, 0.2) is 0 Å². The number of carbonyl (C=O) groups is 1. The average Bonchev–Trinajstić information content (AvgIpc) is 2.85. The van der Waals surface area contributed by atoms with Gasteiger partial charge in [-0.05, 0) is 38.9 Å². The molecular weight excluding hydrogens is 381 g/mol. The standard InChI is InChI=1S/C18H24ClF3N4O/c1-24-5-2-6-26(10-9-24)17(27)13-3-7-25(8-4-13)16-15(19)11-14(12-23-16)18(20,21)22/h11-13H,2-10H2,1H3. The van der Waals surface area contributed by atoms with Gasteiger partial charge in [0.25, 0.3) is 0 Å². The van der Waals surface area contributed by atoms with Crippen molar-refractivity contribution in [2.24, 2.45) is 5.92 Å². The van der Waals surface area contributed by atoms with Crippen LogP contribution in [0.3, 0.4) is 0 Å². The number of rotatable bonds is 2. The van der Waals surface area contributed by atoms with Crippen molar-refractivity contribution >= 4 is 23.3 Å². The van der Waals surface area contributed by atoms with Crippen LogP contribution in [-0.4, -0.2) is 67.0 Å². The second-order valence-corrected chi connectivity index (χ2v) is 7.68. The van der Waals surface area contributed by atoms with Crippen LogP contribution in [0, 0.1) is 5.92 Å². The van der Waals surface area contributed by atoms with Crippen LogP contribution in [-0.2, 0) is 11.0 Å². The van der Waals surface area contributed by atoms with Gasteiger partial charge in [-0.15, -0.1) is 0 Å². The van der Waals surface area contributed by atoms with Crippen molar-refractivity contribution in [3.05, 3.63) is 22.8 Å². The first-order valence-electron chi connectivity index (χ1n) is 9.20. The molecule has 1 aromatic heterocycles. The molecular formula is C18H24ClF3N4O. The third kappa shape index (κ3) is 4.85. The zero-order valence-corrected chi connectivity index (χ0v) is 16.1. The lowest BCUT2D eigenvalue weighted by Gasteiger charge is -2.35. The average molecular weight is 405 g/mol. The molecule has 0 aromatic carbocycles. The van der Waals surface area contributed by atoms with Gasteiger partial charge >= 0.3 is 6.18 Å². The molecule has 150 valence electrons. The lowest BCUT2D eigenvalue weighted by atomic mass is 9.95. The number of amides is 1. The molecule has 2 fully saturated rings. The minimum absolute atomic E-state index is 0.00911. The summed E-state index contributed by atoms with van der Waals surface area (Å²) in [6, 6.07) is 0.912. The largest absolute Gasteiger partial charge is 0.417 e. The highest BCUT2D eigenvalue weighted by molar-refractivity contribution is 6.33. The number of nitrogens with zero attached hydrogens (tertiary/aromatic N) is 4. The first-order chi connectivity index (χ1) is 12.8. The van der Waals surface area contributed by atoms with Gasteiger partial charge < -0.3 is 14.7 Å². The lowest BCUT2D eigenvalue weighted by Crippen LogP contribution is -2.44. The lowest BCUT2D eigenvalue weighted by molar-refractivity contribution is -0.138. The number of hydrogen-bond acceptors (Lipinski definition) is 4. The van der Waals surface area contributed by atoms with Crippen LogP contribution in [0.2, 0.25) is 5.02 Å². The van der Waals surface area contributed by atoms with Gasteiger partial charge in [0, 0.05) is 44.8 Å². The van der Waals surface area contributed by atoms with Crippen LogP contribution in [0.4, 0.5) is 19.0 Å². The summed E-state index contributed by atoms with van der Waals surface area (Å²) in [5, 5.41) is -0.00911. The maximum Gasteiger partial charge on any atom is 0.417 e. The molecule has 0 bridgehead atoms. The molecule has 5 nitrogen and oxygen atoms in total. The molecule has 2 aliphatic heterocycles. The van der Waals surface area contributed by atoms with Crippen LogP contribution >= 0.6 is 11.6 Å². The normalized spacial score (nSPS) is 20.6. The van der Waals surface area contributed by atoms with E-state index in [4.69, 9.17) is 11.6 Å². The van der Waals surface area contributed by atoms with Gasteiger partial charge in [-0.1, -0.05) is 11.6 Å². The van der Waals surface area contributed by atoms with E-state index >= 15 is 0 Å². The van der Waals surface area contributed by atoms with Gasteiger partial charge in [-0.2, -0.15) is 13.2 Å². The Hall–Kier alpha value is -1.54. The Labute approximate surface area is 162 Å². The molecule has 2 saturated heterocycles. The van der Waals surface area contributed by atoms with Gasteiger partial charge in [0.1, 0.15) is 5.82 Å². The van der Waals surface area contributed by atoms with E-state index in [1.54, 1.807) is 0 Å². The Morgan fingerprint density at radius 1 is 1.15 bits per heavy atom. The maximum absolute atomic E-state index is 12.8. The molecule has 0 atom stereocenters. The Balaban J connectivity index is 1.59. The molecule has 1 amide bonds. The number of anilines is 1. The second-order valence-electron chi connectivity index (χ2n) is 7.27. The Morgan fingerprint density at radius 2 is 1.85 bits per heavy atom. The molecule has 0 N–H and O–H groups in total. The van der Waals surface area contributed by atoms with Crippen LogP contribution < -0.4 is 4.90 Å². The topological polar surface area (TPSA) is 39.7 Å². The Morgan fingerprint density at radius 3 is 2.48 bits per heavy atom. The van der Waals surface area contributed by atoms with E-state index in [0.717, 1.165) is 44.9 Å². The number of alkyl halides is 3. The number of carbonyl (C=O) groups excluding carboxylic acids is 1. The number of piperidine rings is 1. The molecule has 0 aliphatic carbocycles. The minimum atomic E-state index is -4.46. The molecule has 0 radical (unpaired) electrons. The number of likely N-dealkylation sites (N-methyl/N-ethyl adjacent to an activating group) is 1. The third-order valence-electron chi connectivity index (χ3n) is 5.32. The van der Waals surface area contributed by atoms with Gasteiger partial charge in [-0.3, -0.25) is 4.79 Å². The first-order valence-corrected chi connectivity index (χ1v) is 9.58. The van der Waals surface area contributed by atoms with E-state index in [1.807, 2.05) is 9.80 Å². The van der Waals surface area contributed by atoms with E-state index in [1.165, 1.54) is 0 Å². The zero-order chi connectivity index (χ0) is 19.6. The molecule has 0 unspecified atom stereocenters. The predicted molar refractivity (Wildman–Crippen MR) is 97.9 cm³/mol. The molecule has 1 aromatic rings. The van der Waals surface area contributed by atoms with Crippen LogP contribution in [0.5, 0.6) is 0 Å². The molecule has 0 saturated carbocycles. The highest BCUT2D eigenvalue weighted by Gasteiger charge is 2.33. The molecule has 3 heterocycles. The quantitative estimate of drug-likeness (QED) is 0.759. The summed E-state index contributed by atoms with van der Waals surface area (Å²) in [5.74, 6) is 0.501. The fourth-order valence-corrected chi connectivity index (χ4v) is 3.97. The number of pyridine rings is 1. The van der Waals surface area contributed by atoms with Gasteiger partial charge in [0.05, 0.1) is 10.6 Å². The Bertz CT molecular complexity index is 677. The summed E-state index contributed by atoms with van der Waals surface area (Å²) in [6.07, 6.45) is -1.36. The number of hydrogen-bond donors (Lipinski definition) is 0. The monoisotopic (exact) mass is 404 g/mol. The zero-order valence-electron chi connectivity index (χ0n) is 15.3. The highest BCUT2D eigenvalue weighted by atomic mass is 35.5. The molecule has 2 aliphatic rings. The first kappa shape index (κ1) is 20.2.